The van der Waals surface area contributed by atoms with E-state index in [0.29, 0.717) is 58.8 Å². The lowest BCUT2D eigenvalue weighted by Crippen LogP contribution is -2.56. The van der Waals surface area contributed by atoms with Gasteiger partial charge < -0.3 is 55.0 Å². The van der Waals surface area contributed by atoms with Crippen molar-refractivity contribution >= 4 is 40.5 Å². The highest BCUT2D eigenvalue weighted by atomic mass is 32.1. The maximum atomic E-state index is 14.4. The Kier molecular flexibility index (Phi) is 15.7. The lowest BCUT2D eigenvalue weighted by atomic mass is 9.87. The lowest BCUT2D eigenvalue weighted by Gasteiger charge is -2.47. The number of thiazole rings is 1. The van der Waals surface area contributed by atoms with Gasteiger partial charge in [-0.1, -0.05) is 55.4 Å². The van der Waals surface area contributed by atoms with Crippen LogP contribution in [0.5, 0.6) is 5.75 Å². The minimum atomic E-state index is -0.793. The summed E-state index contributed by atoms with van der Waals surface area (Å²) >= 11 is 1.61. The molecule has 0 bridgehead atoms. The van der Waals surface area contributed by atoms with Gasteiger partial charge in [-0.15, -0.1) is 21.5 Å². The van der Waals surface area contributed by atoms with Gasteiger partial charge in [0.1, 0.15) is 17.7 Å². The molecule has 0 unspecified atom stereocenters. The average Bonchev–Trinajstić information content (AvgIpc) is 4.16. The van der Waals surface area contributed by atoms with E-state index in [4.69, 9.17) is 15.0 Å². The third kappa shape index (κ3) is 11.6. The van der Waals surface area contributed by atoms with Crippen molar-refractivity contribution in [2.75, 3.05) is 101 Å². The van der Waals surface area contributed by atoms with Crippen LogP contribution >= 0.6 is 11.3 Å². The number of ether oxygens (including phenoxy) is 1. The van der Waals surface area contributed by atoms with Crippen molar-refractivity contribution in [2.24, 2.45) is 29.6 Å². The van der Waals surface area contributed by atoms with Crippen LogP contribution in [-0.4, -0.2) is 177 Å². The number of fused-ring (bicyclic) bond motifs is 1. The smallest absolute Gasteiger partial charge is 0.243 e. The van der Waals surface area contributed by atoms with Crippen molar-refractivity contribution in [1.82, 2.24) is 45.3 Å². The fourth-order valence-electron chi connectivity index (χ4n) is 14.0. The summed E-state index contributed by atoms with van der Waals surface area (Å²) < 4.78 is 12.7. The number of hydrogen-bond donors (Lipinski definition) is 4. The maximum Gasteiger partial charge on any atom is 0.243 e. The molecule has 5 aliphatic heterocycles. The number of aliphatic hydroxyl groups excluding tert-OH is 1. The second-order valence-corrected chi connectivity index (χ2v) is 25.2. The number of phenols is 1. The average molecular weight is 1100 g/mol. The second kappa shape index (κ2) is 23.0. The number of aromatic nitrogens is 4. The summed E-state index contributed by atoms with van der Waals surface area (Å²) in [7, 11) is 0. The first-order chi connectivity index (χ1) is 38.3. The number of nitrogens with two attached hydrogens (primary N) is 1. The molecule has 5 saturated heterocycles. The van der Waals surface area contributed by atoms with Crippen molar-refractivity contribution in [2.45, 2.75) is 115 Å². The van der Waals surface area contributed by atoms with E-state index in [1.165, 1.54) is 6.54 Å². The number of amides is 2. The van der Waals surface area contributed by atoms with Gasteiger partial charge >= 0.3 is 0 Å². The standard InChI is InChI=1S/C60H80N12O6S/c1-36(2)56(60(76)72-31-43(73)27-52(72)59(75)63-37(3)40-9-11-41(12-10-40)57-38(4)62-35-79-57)54-29-55(66-78-54)70-19-13-39(14-20-70)30-67-17-15-44(16-18-67)77-45-25-42(26-45)69-23-21-68(22-24-69)32-47-48-33-71(34-49(47)48)51-28-50(64-65-58(51)61)46-7-5-6-8-53(46)74/h5-12,28-29,35-37,39,42-45,47-49,52,56,73-74H,13-27,30-34H2,1-4H3,(H2,61,65)(H,63,75)/t37-,42?,43+,45?,47-,48-,49+,52-,56+/m0/s1. The van der Waals surface area contributed by atoms with Gasteiger partial charge in [0.05, 0.1) is 51.8 Å². The number of nitrogen functional groups attached to an aromatic ring is 1. The Balaban J connectivity index is 0.534. The molecule has 2 aromatic carbocycles. The number of carbonyl (C=O) groups is 2. The highest BCUT2D eigenvalue weighted by Crippen LogP contribution is 2.53. The fraction of sp³-hybridized carbons (Fsp3) is 0.600. The molecule has 2 amide bonds. The van der Waals surface area contributed by atoms with Crippen LogP contribution in [0.4, 0.5) is 17.3 Å². The van der Waals surface area contributed by atoms with Crippen molar-refractivity contribution in [3.8, 4) is 27.4 Å². The number of rotatable bonds is 17. The van der Waals surface area contributed by atoms with Crippen LogP contribution in [0.25, 0.3) is 21.7 Å². The molecule has 7 atom stereocenters. The highest BCUT2D eigenvalue weighted by Gasteiger charge is 2.56. The SMILES string of the molecule is Cc1ncsc1-c1ccc([C@H](C)NC(=O)[C@@H]2C[C@@H](O)CN2C(=O)[C@@H](c2cc(N3CCC(CN4CCC(OC5CC(N6CCN(C[C@@H]7[C@H]8CN(c9cc(-c%10ccccc%10O)nnc9N)C[C@@H]78)CC6)C5)CC4)CC3)no2)C(C)C)cc1. The molecule has 7 fully saturated rings. The zero-order valence-electron chi connectivity index (χ0n) is 46.4. The number of nitrogens with zero attached hydrogens (tertiary/aromatic N) is 10. The van der Waals surface area contributed by atoms with E-state index in [1.807, 2.05) is 87.8 Å². The summed E-state index contributed by atoms with van der Waals surface area (Å²) in [6.45, 7) is 20.9. The van der Waals surface area contributed by atoms with Crippen LogP contribution in [0.15, 0.2) is 70.7 Å². The van der Waals surface area contributed by atoms with E-state index in [-0.39, 0.29) is 42.5 Å². The number of nitrogens with one attached hydrogen (secondary N) is 1. The zero-order valence-corrected chi connectivity index (χ0v) is 47.2. The molecule has 422 valence electrons. The minimum absolute atomic E-state index is 0.0949. The van der Waals surface area contributed by atoms with Gasteiger partial charge in [-0.2, -0.15) is 0 Å². The van der Waals surface area contributed by atoms with Gasteiger partial charge in [-0.3, -0.25) is 14.5 Å². The van der Waals surface area contributed by atoms with Gasteiger partial charge in [0.25, 0.3) is 0 Å². The molecule has 3 aromatic heterocycles. The van der Waals surface area contributed by atoms with Gasteiger partial charge in [0.2, 0.25) is 11.8 Å². The van der Waals surface area contributed by atoms with Crippen molar-refractivity contribution in [1.29, 1.82) is 0 Å². The summed E-state index contributed by atoms with van der Waals surface area (Å²) in [6.07, 6.45) is 6.82. The van der Waals surface area contributed by atoms with E-state index in [1.54, 1.807) is 22.3 Å². The topological polar surface area (TPSA) is 206 Å². The summed E-state index contributed by atoms with van der Waals surface area (Å²) in [4.78, 5) is 48.0. The second-order valence-electron chi connectivity index (χ2n) is 24.4. The molecule has 0 radical (unpaired) electrons. The van der Waals surface area contributed by atoms with Gasteiger partial charge in [0.15, 0.2) is 17.4 Å². The molecule has 2 aliphatic carbocycles. The predicted octanol–water partition coefficient (Wildman–Crippen LogP) is 6.66. The molecule has 12 rings (SSSR count). The Bertz CT molecular complexity index is 2900. The first-order valence-electron chi connectivity index (χ1n) is 29.3. The predicted molar refractivity (Wildman–Crippen MR) is 306 cm³/mol. The van der Waals surface area contributed by atoms with Crippen LogP contribution in [0.2, 0.25) is 0 Å². The van der Waals surface area contributed by atoms with E-state index >= 15 is 0 Å². The van der Waals surface area contributed by atoms with Crippen molar-refractivity contribution < 1.29 is 29.1 Å². The number of carbonyl (C=O) groups excluding carboxylic acids is 2. The van der Waals surface area contributed by atoms with Crippen LogP contribution < -0.4 is 20.9 Å². The monoisotopic (exact) mass is 1100 g/mol. The Labute approximate surface area is 468 Å². The van der Waals surface area contributed by atoms with E-state index in [2.05, 4.69) is 50.2 Å². The minimum Gasteiger partial charge on any atom is -0.507 e. The van der Waals surface area contributed by atoms with E-state index < -0.39 is 18.1 Å². The Morgan fingerprint density at radius 2 is 1.56 bits per heavy atom. The Morgan fingerprint density at radius 1 is 0.835 bits per heavy atom. The van der Waals surface area contributed by atoms with Gasteiger partial charge in [-0.25, -0.2) is 4.98 Å². The molecule has 5 aromatic rings. The molecular weight excluding hydrogens is 1020 g/mol. The third-order valence-electron chi connectivity index (χ3n) is 18.9. The molecule has 19 heteroatoms. The summed E-state index contributed by atoms with van der Waals surface area (Å²) in [5.74, 6) is 3.42. The number of hydrogen-bond acceptors (Lipinski definition) is 17. The Hall–Kier alpha value is -5.70. The molecule has 8 heterocycles. The fourth-order valence-corrected chi connectivity index (χ4v) is 14.9. The number of phenolic OH excluding ortho intramolecular Hbond substituents is 1. The number of aliphatic hydroxyl groups is 1. The molecule has 7 aliphatic rings. The quantitative estimate of drug-likeness (QED) is 0.0769. The number of likely N-dealkylation sites (tertiary alicyclic amines) is 2. The zero-order chi connectivity index (χ0) is 54.5. The number of piperidine rings is 3. The van der Waals surface area contributed by atoms with Crippen molar-refractivity contribution in [3.63, 3.8) is 0 Å². The number of aryl methyl sites for hydroxylation is 1. The molecular formula is C60H80N12O6S. The summed E-state index contributed by atoms with van der Waals surface area (Å²) in [5, 5.41) is 37.3. The van der Waals surface area contributed by atoms with Gasteiger partial charge in [-0.05, 0) is 111 Å². The van der Waals surface area contributed by atoms with Gasteiger partial charge in [0, 0.05) is 109 Å². The van der Waals surface area contributed by atoms with Crippen LogP contribution in [-0.2, 0) is 14.3 Å². The summed E-state index contributed by atoms with van der Waals surface area (Å²) in [6, 6.07) is 18.8. The third-order valence-corrected chi connectivity index (χ3v) is 19.9. The molecule has 2 saturated carbocycles. The molecule has 18 nitrogen and oxygen atoms in total. The molecule has 5 N–H and O–H groups in total. The molecule has 0 spiro atoms. The van der Waals surface area contributed by atoms with Crippen LogP contribution in [0.3, 0.4) is 0 Å². The number of para-hydroxylation sites is 1. The van der Waals surface area contributed by atoms with E-state index in [0.717, 1.165) is 150 Å². The highest BCUT2D eigenvalue weighted by molar-refractivity contribution is 7.13. The van der Waals surface area contributed by atoms with Crippen LogP contribution in [0.1, 0.15) is 94.7 Å². The van der Waals surface area contributed by atoms with Crippen LogP contribution in [0, 0.1) is 36.5 Å². The van der Waals surface area contributed by atoms with Crippen molar-refractivity contribution in [3.05, 3.63) is 83.2 Å². The largest absolute Gasteiger partial charge is 0.507 e. The number of β-amino-alcohol motifs (C(OH)–C–C–N with tert-alkyl or cyclic N) is 1. The first kappa shape index (κ1) is 53.9. The number of piperazine rings is 1. The number of anilines is 3. The summed E-state index contributed by atoms with van der Waals surface area (Å²) in [5.41, 5.74) is 13.4. The normalized spacial score (nSPS) is 27.1. The first-order valence-corrected chi connectivity index (χ1v) is 30.2. The number of benzene rings is 2. The lowest BCUT2D eigenvalue weighted by molar-refractivity contribution is -0.141. The molecule has 79 heavy (non-hydrogen) atoms. The van der Waals surface area contributed by atoms with E-state index in [9.17, 15) is 19.8 Å². The Morgan fingerprint density at radius 3 is 2.25 bits per heavy atom. The number of aromatic hydroxyl groups is 1. The maximum absolute atomic E-state index is 14.4.